The molecule has 2 saturated heterocycles. The van der Waals surface area contributed by atoms with Crippen molar-refractivity contribution in [2.45, 2.75) is 37.8 Å². The molecule has 0 radical (unpaired) electrons. The number of carbonyl (C=O) groups is 1. The van der Waals surface area contributed by atoms with Gasteiger partial charge in [0.15, 0.2) is 5.82 Å². The maximum Gasteiger partial charge on any atom is 0.246 e. The van der Waals surface area contributed by atoms with Crippen molar-refractivity contribution in [2.24, 2.45) is 0 Å². The molecule has 198 valence electrons. The number of anilines is 1. The first-order valence-corrected chi connectivity index (χ1v) is 13.2. The van der Waals surface area contributed by atoms with Gasteiger partial charge in [-0.15, -0.1) is 0 Å². The summed E-state index contributed by atoms with van der Waals surface area (Å²) in [5.74, 6) is -0.997. The smallest absolute Gasteiger partial charge is 0.246 e. The van der Waals surface area contributed by atoms with Crippen LogP contribution in [0.15, 0.2) is 36.9 Å². The predicted molar refractivity (Wildman–Crippen MR) is 142 cm³/mol. The molecule has 1 unspecified atom stereocenters. The van der Waals surface area contributed by atoms with E-state index in [1.165, 1.54) is 31.1 Å². The van der Waals surface area contributed by atoms with E-state index in [2.05, 4.69) is 16.5 Å². The van der Waals surface area contributed by atoms with Gasteiger partial charge in [0.25, 0.3) is 0 Å². The second-order valence-electron chi connectivity index (χ2n) is 10.4. The summed E-state index contributed by atoms with van der Waals surface area (Å²) in [6, 6.07) is 5.84. The molecule has 3 heterocycles. The second kappa shape index (κ2) is 9.47. The maximum absolute atomic E-state index is 16.2. The van der Waals surface area contributed by atoms with Gasteiger partial charge in [0.2, 0.25) is 5.91 Å². The molecule has 0 bridgehead atoms. The van der Waals surface area contributed by atoms with Crippen LogP contribution in [0.3, 0.4) is 0 Å². The fourth-order valence-electron chi connectivity index (χ4n) is 5.62. The Morgan fingerprint density at radius 2 is 1.92 bits per heavy atom. The Morgan fingerprint density at radius 1 is 1.16 bits per heavy atom. The first kappa shape index (κ1) is 25.0. The number of carbonyl (C=O) groups excluding carboxylic acids is 1. The highest BCUT2D eigenvalue weighted by atomic mass is 35.5. The van der Waals surface area contributed by atoms with Crippen LogP contribution in [0.25, 0.3) is 22.0 Å². The highest BCUT2D eigenvalue weighted by Gasteiger charge is 2.40. The van der Waals surface area contributed by atoms with Gasteiger partial charge in [-0.05, 0) is 44.0 Å². The number of benzene rings is 2. The summed E-state index contributed by atoms with van der Waals surface area (Å²) in [4.78, 5) is 28.0. The number of amides is 1. The third-order valence-electron chi connectivity index (χ3n) is 7.84. The van der Waals surface area contributed by atoms with Gasteiger partial charge in [-0.3, -0.25) is 9.69 Å². The summed E-state index contributed by atoms with van der Waals surface area (Å²) >= 11 is 6.55. The number of phenols is 1. The van der Waals surface area contributed by atoms with E-state index in [9.17, 15) is 14.3 Å². The Kier molecular flexibility index (Phi) is 6.23. The highest BCUT2D eigenvalue weighted by molar-refractivity contribution is 6.34. The van der Waals surface area contributed by atoms with Crippen LogP contribution in [0.1, 0.15) is 31.5 Å². The van der Waals surface area contributed by atoms with Gasteiger partial charge in [0, 0.05) is 61.7 Å². The molecule has 6 rings (SSSR count). The van der Waals surface area contributed by atoms with E-state index >= 15 is 4.39 Å². The van der Waals surface area contributed by atoms with Crippen LogP contribution in [0, 0.1) is 11.6 Å². The summed E-state index contributed by atoms with van der Waals surface area (Å²) in [5.41, 5.74) is -0.491. The normalized spacial score (nSPS) is 20.6. The average molecular weight is 540 g/mol. The van der Waals surface area contributed by atoms with E-state index in [-0.39, 0.29) is 39.5 Å². The number of hydrogen-bond acceptors (Lipinski definition) is 6. The van der Waals surface area contributed by atoms with Crippen LogP contribution < -0.4 is 4.90 Å². The quantitative estimate of drug-likeness (QED) is 0.473. The lowest BCUT2D eigenvalue weighted by atomic mass is 9.97. The number of aromatic nitrogens is 2. The van der Waals surface area contributed by atoms with Crippen LogP contribution in [0.4, 0.5) is 14.6 Å². The van der Waals surface area contributed by atoms with Crippen molar-refractivity contribution in [2.75, 3.05) is 37.6 Å². The molecule has 2 aliphatic heterocycles. The van der Waals surface area contributed by atoms with Crippen molar-refractivity contribution in [3.8, 4) is 16.9 Å². The molecule has 1 atom stereocenters. The van der Waals surface area contributed by atoms with Crippen molar-refractivity contribution in [1.29, 1.82) is 0 Å². The predicted octanol–water partition coefficient (Wildman–Crippen LogP) is 4.72. The van der Waals surface area contributed by atoms with Gasteiger partial charge in [-0.1, -0.05) is 24.2 Å². The molecule has 3 aromatic rings. The van der Waals surface area contributed by atoms with E-state index in [1.807, 2.05) is 11.8 Å². The van der Waals surface area contributed by atoms with E-state index in [1.54, 1.807) is 11.0 Å². The van der Waals surface area contributed by atoms with Gasteiger partial charge in [-0.2, -0.15) is 0 Å². The zero-order valence-electron chi connectivity index (χ0n) is 21.0. The standard InChI is InChI=1S/C28H28ClF2N5O2/c1-3-22(38)36-10-9-34(12-15(36)2)28-18-11-19(29)23(24-20(30)5-4-6-21(24)37)25(31)26(18)32-27(33-28)16-13-35(14-16)17-7-8-17/h3-6,11,15-17,37H,1,7-10,12-14H2,2H3. The molecule has 7 nitrogen and oxygen atoms in total. The summed E-state index contributed by atoms with van der Waals surface area (Å²) in [6.45, 7) is 8.60. The molecule has 10 heteroatoms. The summed E-state index contributed by atoms with van der Waals surface area (Å²) in [7, 11) is 0. The minimum atomic E-state index is -0.801. The third-order valence-corrected chi connectivity index (χ3v) is 8.14. The van der Waals surface area contributed by atoms with E-state index in [0.29, 0.717) is 42.7 Å². The Hall–Kier alpha value is -3.30. The first-order chi connectivity index (χ1) is 18.3. The van der Waals surface area contributed by atoms with Crippen molar-refractivity contribution in [1.82, 2.24) is 19.8 Å². The fraction of sp³-hybridized carbons (Fsp3) is 0.393. The lowest BCUT2D eigenvalue weighted by molar-refractivity contribution is -0.128. The highest BCUT2D eigenvalue weighted by Crippen LogP contribution is 2.43. The molecule has 1 aliphatic carbocycles. The zero-order chi connectivity index (χ0) is 26.7. The zero-order valence-corrected chi connectivity index (χ0v) is 21.8. The number of aromatic hydroxyl groups is 1. The van der Waals surface area contributed by atoms with E-state index in [0.717, 1.165) is 19.2 Å². The van der Waals surface area contributed by atoms with Crippen LogP contribution in [0.2, 0.25) is 5.02 Å². The Bertz CT molecular complexity index is 1440. The number of rotatable bonds is 5. The number of fused-ring (bicyclic) bond motifs is 1. The summed E-state index contributed by atoms with van der Waals surface area (Å²) in [6.07, 6.45) is 3.71. The van der Waals surface area contributed by atoms with Crippen molar-refractivity contribution >= 4 is 34.2 Å². The Balaban J connectivity index is 1.47. The summed E-state index contributed by atoms with van der Waals surface area (Å²) < 4.78 is 31.0. The average Bonchev–Trinajstić information content (AvgIpc) is 3.69. The summed E-state index contributed by atoms with van der Waals surface area (Å²) in [5, 5.41) is 10.7. The van der Waals surface area contributed by atoms with Crippen molar-refractivity contribution in [3.63, 3.8) is 0 Å². The molecule has 2 aromatic carbocycles. The number of halogens is 3. The number of likely N-dealkylation sites (tertiary alicyclic amines) is 1. The third kappa shape index (κ3) is 4.18. The van der Waals surface area contributed by atoms with Crippen molar-refractivity contribution in [3.05, 3.63) is 59.4 Å². The maximum atomic E-state index is 16.2. The topological polar surface area (TPSA) is 72.8 Å². The number of piperazine rings is 1. The van der Waals surface area contributed by atoms with Gasteiger partial charge in [0.05, 0.1) is 10.6 Å². The number of phenolic OH excluding ortho intramolecular Hbond substituents is 1. The molecule has 1 aromatic heterocycles. The fourth-order valence-corrected chi connectivity index (χ4v) is 5.90. The number of hydrogen-bond donors (Lipinski definition) is 1. The first-order valence-electron chi connectivity index (χ1n) is 12.9. The van der Waals surface area contributed by atoms with Gasteiger partial charge in [-0.25, -0.2) is 18.7 Å². The van der Waals surface area contributed by atoms with Gasteiger partial charge in [0.1, 0.15) is 28.7 Å². The molecule has 38 heavy (non-hydrogen) atoms. The Morgan fingerprint density at radius 3 is 2.58 bits per heavy atom. The van der Waals surface area contributed by atoms with Gasteiger partial charge < -0.3 is 14.9 Å². The monoisotopic (exact) mass is 539 g/mol. The molecule has 0 spiro atoms. The minimum Gasteiger partial charge on any atom is -0.507 e. The second-order valence-corrected chi connectivity index (χ2v) is 10.8. The van der Waals surface area contributed by atoms with Crippen LogP contribution in [-0.2, 0) is 4.79 Å². The number of nitrogens with zero attached hydrogens (tertiary/aromatic N) is 5. The van der Waals surface area contributed by atoms with Gasteiger partial charge >= 0.3 is 0 Å². The van der Waals surface area contributed by atoms with Crippen LogP contribution >= 0.6 is 11.6 Å². The Labute approximate surface area is 224 Å². The minimum absolute atomic E-state index is 0.0363. The van der Waals surface area contributed by atoms with Crippen LogP contribution in [0.5, 0.6) is 5.75 Å². The van der Waals surface area contributed by atoms with Crippen molar-refractivity contribution < 1.29 is 18.7 Å². The molecular weight excluding hydrogens is 512 g/mol. The lowest BCUT2D eigenvalue weighted by Crippen LogP contribution is -2.54. The lowest BCUT2D eigenvalue weighted by Gasteiger charge is -2.41. The molecule has 3 fully saturated rings. The van der Waals surface area contributed by atoms with E-state index < -0.39 is 17.4 Å². The SMILES string of the molecule is C=CC(=O)N1CCN(c2nc(C3CN(C4CC4)C3)nc3c(F)c(-c4c(O)cccc4F)c(Cl)cc23)CC1C. The molecule has 3 aliphatic rings. The molecule has 1 amide bonds. The van der Waals surface area contributed by atoms with E-state index in [4.69, 9.17) is 16.6 Å². The van der Waals surface area contributed by atoms with Crippen LogP contribution in [-0.4, -0.2) is 75.6 Å². The molecule has 1 saturated carbocycles. The largest absolute Gasteiger partial charge is 0.507 e. The molecular formula is C28H28ClF2N5O2. The molecule has 1 N–H and O–H groups in total.